The van der Waals surface area contributed by atoms with E-state index >= 15 is 0 Å². The predicted molar refractivity (Wildman–Crippen MR) is 73.2 cm³/mol. The highest BCUT2D eigenvalue weighted by molar-refractivity contribution is 7.91. The molecule has 6 heteroatoms. The molecule has 1 atom stereocenters. The Labute approximate surface area is 117 Å². The first-order valence-electron chi connectivity index (χ1n) is 6.03. The standard InChI is InChI=1S/C13H15ClO4S/c1-9-2-3-12(11(14)6-9)18-13(15)7-10-4-5-19(16,17)8-10/h2-3,6,10H,4-5,7-8H2,1H3. The van der Waals surface area contributed by atoms with Gasteiger partial charge in [0, 0.05) is 6.42 Å². The molecule has 1 unspecified atom stereocenters. The van der Waals surface area contributed by atoms with Gasteiger partial charge in [-0.2, -0.15) is 0 Å². The number of esters is 1. The van der Waals surface area contributed by atoms with Crippen LogP contribution in [0.1, 0.15) is 18.4 Å². The van der Waals surface area contributed by atoms with Crippen LogP contribution in [0.5, 0.6) is 5.75 Å². The number of carbonyl (C=O) groups excluding carboxylic acids is 1. The van der Waals surface area contributed by atoms with Crippen molar-refractivity contribution in [3.05, 3.63) is 28.8 Å². The molecule has 0 saturated carbocycles. The first-order valence-corrected chi connectivity index (χ1v) is 8.23. The first kappa shape index (κ1) is 14.3. The lowest BCUT2D eigenvalue weighted by Crippen LogP contribution is -2.15. The van der Waals surface area contributed by atoms with Crippen molar-refractivity contribution in [1.82, 2.24) is 0 Å². The van der Waals surface area contributed by atoms with Crippen LogP contribution in [-0.4, -0.2) is 25.9 Å². The average molecular weight is 303 g/mol. The summed E-state index contributed by atoms with van der Waals surface area (Å²) in [5.41, 5.74) is 0.978. The second kappa shape index (κ2) is 5.51. The minimum atomic E-state index is -2.96. The number of hydrogen-bond donors (Lipinski definition) is 0. The Hall–Kier alpha value is -1.07. The van der Waals surface area contributed by atoms with Crippen LogP contribution >= 0.6 is 11.6 Å². The highest BCUT2D eigenvalue weighted by Crippen LogP contribution is 2.27. The van der Waals surface area contributed by atoms with Crippen molar-refractivity contribution in [3.63, 3.8) is 0 Å². The van der Waals surface area contributed by atoms with Crippen LogP contribution < -0.4 is 4.74 Å². The van der Waals surface area contributed by atoms with Gasteiger partial charge in [0.05, 0.1) is 16.5 Å². The predicted octanol–water partition coefficient (Wildman–Crippen LogP) is 2.38. The number of sulfone groups is 1. The van der Waals surface area contributed by atoms with E-state index in [1.165, 1.54) is 0 Å². The van der Waals surface area contributed by atoms with Gasteiger partial charge in [-0.05, 0) is 37.0 Å². The van der Waals surface area contributed by atoms with E-state index in [0.29, 0.717) is 17.2 Å². The zero-order chi connectivity index (χ0) is 14.0. The van der Waals surface area contributed by atoms with Crippen molar-refractivity contribution in [3.8, 4) is 5.75 Å². The minimum Gasteiger partial charge on any atom is -0.425 e. The van der Waals surface area contributed by atoms with E-state index in [0.717, 1.165) is 5.56 Å². The SMILES string of the molecule is Cc1ccc(OC(=O)CC2CCS(=O)(=O)C2)c(Cl)c1. The van der Waals surface area contributed by atoms with Gasteiger partial charge < -0.3 is 4.74 Å². The number of hydrogen-bond acceptors (Lipinski definition) is 4. The monoisotopic (exact) mass is 302 g/mol. The fourth-order valence-electron chi connectivity index (χ4n) is 2.12. The van der Waals surface area contributed by atoms with Gasteiger partial charge >= 0.3 is 5.97 Å². The van der Waals surface area contributed by atoms with Crippen molar-refractivity contribution in [2.45, 2.75) is 19.8 Å². The summed E-state index contributed by atoms with van der Waals surface area (Å²) in [6.07, 6.45) is 0.641. The van der Waals surface area contributed by atoms with Crippen molar-refractivity contribution in [2.24, 2.45) is 5.92 Å². The molecule has 0 amide bonds. The maximum atomic E-state index is 11.7. The molecule has 0 bridgehead atoms. The van der Waals surface area contributed by atoms with Crippen molar-refractivity contribution in [1.29, 1.82) is 0 Å². The molecule has 104 valence electrons. The normalized spacial score (nSPS) is 21.3. The van der Waals surface area contributed by atoms with E-state index in [1.807, 2.05) is 6.92 Å². The van der Waals surface area contributed by atoms with Gasteiger partial charge in [0.15, 0.2) is 9.84 Å². The van der Waals surface area contributed by atoms with Crippen molar-refractivity contribution in [2.75, 3.05) is 11.5 Å². The van der Waals surface area contributed by atoms with Crippen LogP contribution in [0.4, 0.5) is 0 Å². The molecule has 0 aromatic heterocycles. The van der Waals surface area contributed by atoms with Gasteiger partial charge in [0.2, 0.25) is 0 Å². The van der Waals surface area contributed by atoms with Gasteiger partial charge in [-0.25, -0.2) is 8.42 Å². The number of carbonyl (C=O) groups is 1. The maximum Gasteiger partial charge on any atom is 0.311 e. The molecule has 0 N–H and O–H groups in total. The molecule has 0 radical (unpaired) electrons. The van der Waals surface area contributed by atoms with E-state index in [4.69, 9.17) is 16.3 Å². The van der Waals surface area contributed by atoms with E-state index in [1.54, 1.807) is 18.2 Å². The molecule has 1 heterocycles. The second-order valence-corrected chi connectivity index (χ2v) is 7.52. The molecule has 1 aromatic rings. The van der Waals surface area contributed by atoms with E-state index in [9.17, 15) is 13.2 Å². The summed E-state index contributed by atoms with van der Waals surface area (Å²) < 4.78 is 27.8. The van der Waals surface area contributed by atoms with Crippen molar-refractivity contribution >= 4 is 27.4 Å². The smallest absolute Gasteiger partial charge is 0.311 e. The van der Waals surface area contributed by atoms with Crippen LogP contribution in [0, 0.1) is 12.8 Å². The molecule has 0 aliphatic carbocycles. The van der Waals surface area contributed by atoms with Gasteiger partial charge in [-0.1, -0.05) is 17.7 Å². The molecule has 0 spiro atoms. The topological polar surface area (TPSA) is 60.4 Å². The largest absolute Gasteiger partial charge is 0.425 e. The lowest BCUT2D eigenvalue weighted by atomic mass is 10.1. The summed E-state index contributed by atoms with van der Waals surface area (Å²) in [6, 6.07) is 5.15. The Morgan fingerprint density at radius 2 is 2.21 bits per heavy atom. The van der Waals surface area contributed by atoms with Crippen molar-refractivity contribution < 1.29 is 17.9 Å². The molecule has 4 nitrogen and oxygen atoms in total. The Morgan fingerprint density at radius 3 is 2.79 bits per heavy atom. The molecule has 1 saturated heterocycles. The third kappa shape index (κ3) is 3.94. The van der Waals surface area contributed by atoms with Crippen LogP contribution in [0.2, 0.25) is 5.02 Å². The summed E-state index contributed by atoms with van der Waals surface area (Å²) in [7, 11) is -2.96. The van der Waals surface area contributed by atoms with Crippen LogP contribution in [-0.2, 0) is 14.6 Å². The van der Waals surface area contributed by atoms with Gasteiger partial charge in [-0.3, -0.25) is 4.79 Å². The zero-order valence-electron chi connectivity index (χ0n) is 10.6. The number of rotatable bonds is 3. The summed E-state index contributed by atoms with van der Waals surface area (Å²) >= 11 is 5.96. The third-order valence-electron chi connectivity index (χ3n) is 3.09. The summed E-state index contributed by atoms with van der Waals surface area (Å²) in [6.45, 7) is 1.89. The third-order valence-corrected chi connectivity index (χ3v) is 5.23. The van der Waals surface area contributed by atoms with Gasteiger partial charge in [0.25, 0.3) is 0 Å². The Balaban J connectivity index is 1.95. The Bertz CT molecular complexity index is 595. The number of ether oxygens (including phenoxy) is 1. The van der Waals surface area contributed by atoms with Crippen LogP contribution in [0.3, 0.4) is 0 Å². The average Bonchev–Trinajstić information content (AvgIpc) is 2.62. The summed E-state index contributed by atoms with van der Waals surface area (Å²) in [4.78, 5) is 11.7. The summed E-state index contributed by atoms with van der Waals surface area (Å²) in [5.74, 6) is -0.0207. The molecule has 1 aromatic carbocycles. The molecule has 1 aliphatic rings. The lowest BCUT2D eigenvalue weighted by molar-refractivity contribution is -0.135. The van der Waals surface area contributed by atoms with E-state index in [2.05, 4.69) is 0 Å². The molecule has 1 fully saturated rings. The Morgan fingerprint density at radius 1 is 1.47 bits per heavy atom. The van der Waals surface area contributed by atoms with Crippen LogP contribution in [0.15, 0.2) is 18.2 Å². The second-order valence-electron chi connectivity index (χ2n) is 4.88. The molecule has 1 aliphatic heterocycles. The van der Waals surface area contributed by atoms with E-state index < -0.39 is 15.8 Å². The van der Waals surface area contributed by atoms with Gasteiger partial charge in [0.1, 0.15) is 5.75 Å². The maximum absolute atomic E-state index is 11.7. The van der Waals surface area contributed by atoms with E-state index in [-0.39, 0.29) is 23.8 Å². The number of benzene rings is 1. The van der Waals surface area contributed by atoms with Gasteiger partial charge in [-0.15, -0.1) is 0 Å². The molecular formula is C13H15ClO4S. The molecule has 19 heavy (non-hydrogen) atoms. The highest BCUT2D eigenvalue weighted by atomic mass is 35.5. The highest BCUT2D eigenvalue weighted by Gasteiger charge is 2.30. The molecule has 2 rings (SSSR count). The zero-order valence-corrected chi connectivity index (χ0v) is 12.1. The fourth-order valence-corrected chi connectivity index (χ4v) is 4.26. The fraction of sp³-hybridized carbons (Fsp3) is 0.462. The summed E-state index contributed by atoms with van der Waals surface area (Å²) in [5, 5.41) is 0.382. The number of aryl methyl sites for hydroxylation is 1. The number of halogens is 1. The first-order chi connectivity index (χ1) is 8.85. The van der Waals surface area contributed by atoms with Crippen LogP contribution in [0.25, 0.3) is 0 Å². The molecular weight excluding hydrogens is 288 g/mol. The quantitative estimate of drug-likeness (QED) is 0.635. The Kier molecular flexibility index (Phi) is 4.16. The lowest BCUT2D eigenvalue weighted by Gasteiger charge is -2.09. The minimum absolute atomic E-state index is 0.0731.